The van der Waals surface area contributed by atoms with Crippen molar-refractivity contribution in [1.29, 1.82) is 0 Å². The maximum Gasteiger partial charge on any atom is 1.00 e. The molecule has 0 N–H and O–H groups in total. The summed E-state index contributed by atoms with van der Waals surface area (Å²) >= 11 is 0. The van der Waals surface area contributed by atoms with Crippen molar-refractivity contribution in [3.05, 3.63) is 12.2 Å². The van der Waals surface area contributed by atoms with Crippen molar-refractivity contribution in [2.45, 2.75) is 219 Å². The van der Waals surface area contributed by atoms with E-state index in [0.29, 0.717) is 12.8 Å². The first-order valence-electron chi connectivity index (χ1n) is 18.6. The number of esters is 2. The molecule has 0 bridgehead atoms. The fourth-order valence-electron chi connectivity index (χ4n) is 5.56. The zero-order valence-corrected chi connectivity index (χ0v) is 31.0. The summed E-state index contributed by atoms with van der Waals surface area (Å²) in [6, 6.07) is 0. The Labute approximate surface area is 287 Å². The molecule has 3 nitrogen and oxygen atoms in total. The summed E-state index contributed by atoms with van der Waals surface area (Å²) in [6.07, 6.45) is 44.1. The van der Waals surface area contributed by atoms with Gasteiger partial charge in [-0.1, -0.05) is 180 Å². The standard InChI is InChI=1S/C38H72O3.Na.H/c1-3-5-7-9-11-13-15-17-19-20-22-24-26-28-30-32-34-36-38(40)41-37(39)35-33-31-29-27-25-23-21-18-16-14-12-10-8-6-4-2;;/h18,21H,3-17,19-20,22-36H2,1-2H3;;/q;+1;-1/b21-18-;;. The molecule has 0 aliphatic rings. The van der Waals surface area contributed by atoms with E-state index in [1.165, 1.54) is 161 Å². The molecule has 0 heterocycles. The molecular formula is C38H73NaO3. The van der Waals surface area contributed by atoms with Crippen molar-refractivity contribution in [3.8, 4) is 0 Å². The van der Waals surface area contributed by atoms with Crippen LogP contribution in [0.2, 0.25) is 0 Å². The molecule has 0 fully saturated rings. The van der Waals surface area contributed by atoms with Crippen molar-refractivity contribution in [2.24, 2.45) is 0 Å². The van der Waals surface area contributed by atoms with E-state index in [9.17, 15) is 9.59 Å². The van der Waals surface area contributed by atoms with Gasteiger partial charge in [-0.25, -0.2) is 0 Å². The third kappa shape index (κ3) is 37.9. The van der Waals surface area contributed by atoms with Crippen LogP contribution in [0.1, 0.15) is 221 Å². The van der Waals surface area contributed by atoms with Crippen molar-refractivity contribution in [2.75, 3.05) is 0 Å². The summed E-state index contributed by atoms with van der Waals surface area (Å²) in [5, 5.41) is 0. The average Bonchev–Trinajstić information content (AvgIpc) is 2.96. The van der Waals surface area contributed by atoms with Gasteiger partial charge in [0, 0.05) is 12.8 Å². The monoisotopic (exact) mass is 601 g/mol. The minimum absolute atomic E-state index is 0. The number of unbranched alkanes of at least 4 members (excludes halogenated alkanes) is 27. The van der Waals surface area contributed by atoms with Gasteiger partial charge >= 0.3 is 41.5 Å². The summed E-state index contributed by atoms with van der Waals surface area (Å²) in [5.74, 6) is -0.664. The number of hydrogen-bond acceptors (Lipinski definition) is 3. The Hall–Kier alpha value is -0.120. The van der Waals surface area contributed by atoms with Gasteiger partial charge in [-0.05, 0) is 38.5 Å². The van der Waals surface area contributed by atoms with E-state index in [0.717, 1.165) is 32.1 Å². The van der Waals surface area contributed by atoms with Gasteiger partial charge in [0.2, 0.25) is 0 Å². The molecule has 0 unspecified atom stereocenters. The third-order valence-corrected chi connectivity index (χ3v) is 8.35. The van der Waals surface area contributed by atoms with Crippen LogP contribution < -0.4 is 29.6 Å². The molecule has 0 aliphatic carbocycles. The molecule has 0 aromatic carbocycles. The third-order valence-electron chi connectivity index (χ3n) is 8.35. The molecule has 0 aromatic rings. The number of rotatable bonds is 33. The predicted octanol–water partition coefficient (Wildman–Crippen LogP) is 10.3. The maximum absolute atomic E-state index is 11.9. The van der Waals surface area contributed by atoms with E-state index in [1.54, 1.807) is 0 Å². The minimum Gasteiger partial charge on any atom is -1.00 e. The van der Waals surface area contributed by atoms with Gasteiger partial charge in [-0.2, -0.15) is 0 Å². The fraction of sp³-hybridized carbons (Fsp3) is 0.895. The Balaban J connectivity index is -0.00000800. The Bertz CT molecular complexity index is 582. The van der Waals surface area contributed by atoms with Gasteiger partial charge < -0.3 is 6.16 Å². The maximum atomic E-state index is 11.9. The second kappa shape index (κ2) is 38.9. The van der Waals surface area contributed by atoms with Crippen molar-refractivity contribution < 1.29 is 45.3 Å². The summed E-state index contributed by atoms with van der Waals surface area (Å²) < 4.78 is 5.01. The van der Waals surface area contributed by atoms with Crippen molar-refractivity contribution in [1.82, 2.24) is 0 Å². The first-order valence-corrected chi connectivity index (χ1v) is 18.6. The van der Waals surface area contributed by atoms with Crippen LogP contribution >= 0.6 is 0 Å². The molecule has 0 atom stereocenters. The molecule has 0 aliphatic heterocycles. The predicted molar refractivity (Wildman–Crippen MR) is 180 cm³/mol. The summed E-state index contributed by atoms with van der Waals surface area (Å²) in [6.45, 7) is 4.55. The van der Waals surface area contributed by atoms with Crippen molar-refractivity contribution >= 4 is 11.9 Å². The summed E-state index contributed by atoms with van der Waals surface area (Å²) in [4.78, 5) is 23.8. The van der Waals surface area contributed by atoms with Crippen LogP contribution in [-0.4, -0.2) is 11.9 Å². The molecule has 244 valence electrons. The largest absolute Gasteiger partial charge is 1.00 e. The molecule has 0 aromatic heterocycles. The number of carbonyl (C=O) groups is 2. The number of hydrogen-bond donors (Lipinski definition) is 0. The molecule has 0 radical (unpaired) electrons. The molecule has 0 spiro atoms. The van der Waals surface area contributed by atoms with Gasteiger partial charge in [0.15, 0.2) is 0 Å². The van der Waals surface area contributed by atoms with E-state index >= 15 is 0 Å². The molecule has 0 amide bonds. The fourth-order valence-corrected chi connectivity index (χ4v) is 5.56. The first kappa shape index (κ1) is 44.0. The smallest absolute Gasteiger partial charge is 1.00 e. The molecular weight excluding hydrogens is 527 g/mol. The quantitative estimate of drug-likeness (QED) is 0.0247. The zero-order valence-electron chi connectivity index (χ0n) is 30.0. The Morgan fingerprint density at radius 1 is 0.405 bits per heavy atom. The van der Waals surface area contributed by atoms with Gasteiger partial charge in [0.1, 0.15) is 0 Å². The van der Waals surface area contributed by atoms with Gasteiger partial charge in [0.05, 0.1) is 0 Å². The van der Waals surface area contributed by atoms with Gasteiger partial charge in [-0.3, -0.25) is 9.59 Å². The van der Waals surface area contributed by atoms with E-state index < -0.39 is 0 Å². The molecule has 42 heavy (non-hydrogen) atoms. The second-order valence-corrected chi connectivity index (χ2v) is 12.6. The second-order valence-electron chi connectivity index (χ2n) is 12.6. The summed E-state index contributed by atoms with van der Waals surface area (Å²) in [5.41, 5.74) is 0. The van der Waals surface area contributed by atoms with Gasteiger partial charge in [0.25, 0.3) is 0 Å². The van der Waals surface area contributed by atoms with Crippen LogP contribution in [0.25, 0.3) is 0 Å². The Kier molecular flexibility index (Phi) is 40.8. The first-order chi connectivity index (χ1) is 20.2. The van der Waals surface area contributed by atoms with E-state index in [-0.39, 0.29) is 42.9 Å². The molecule has 0 saturated heterocycles. The van der Waals surface area contributed by atoms with Gasteiger partial charge in [-0.15, -0.1) is 0 Å². The van der Waals surface area contributed by atoms with Crippen LogP contribution in [-0.2, 0) is 14.3 Å². The van der Waals surface area contributed by atoms with E-state index in [2.05, 4.69) is 26.0 Å². The normalized spacial score (nSPS) is 11.2. The number of carbonyl (C=O) groups excluding carboxylic acids is 2. The zero-order chi connectivity index (χ0) is 29.9. The van der Waals surface area contributed by atoms with Crippen LogP contribution in [0.3, 0.4) is 0 Å². The Morgan fingerprint density at radius 2 is 0.643 bits per heavy atom. The van der Waals surface area contributed by atoms with Crippen LogP contribution in [0.4, 0.5) is 0 Å². The molecule has 0 saturated carbocycles. The minimum atomic E-state index is -0.334. The molecule has 4 heteroatoms. The van der Waals surface area contributed by atoms with Crippen LogP contribution in [0.5, 0.6) is 0 Å². The van der Waals surface area contributed by atoms with Crippen molar-refractivity contribution in [3.63, 3.8) is 0 Å². The van der Waals surface area contributed by atoms with Crippen LogP contribution in [0, 0.1) is 0 Å². The van der Waals surface area contributed by atoms with E-state index in [4.69, 9.17) is 4.74 Å². The number of allylic oxidation sites excluding steroid dienone is 2. The topological polar surface area (TPSA) is 43.4 Å². The van der Waals surface area contributed by atoms with Crippen LogP contribution in [0.15, 0.2) is 12.2 Å². The average molecular weight is 601 g/mol. The molecule has 0 rings (SSSR count). The Morgan fingerprint density at radius 3 is 0.929 bits per heavy atom. The summed E-state index contributed by atoms with van der Waals surface area (Å²) in [7, 11) is 0. The van der Waals surface area contributed by atoms with E-state index in [1.807, 2.05) is 0 Å². The number of ether oxygens (including phenoxy) is 1. The SMILES string of the molecule is CCCCCCCC/C=C\CCCCCCCC(=O)OC(=O)CCCCCCCCCCCCCCCCCCC.[H-].[Na+].